The maximum absolute atomic E-state index is 12.7. The molecule has 0 radical (unpaired) electrons. The number of amides is 2. The normalized spacial score (nSPS) is 11.9. The van der Waals surface area contributed by atoms with Crippen LogP contribution < -0.4 is 15.4 Å². The SMILES string of the molecule is CCOc1ccccc1C(=O)N[C@H](C(=O)Nc1nnc(SCC)s1)C(C)C. The van der Waals surface area contributed by atoms with E-state index in [1.165, 1.54) is 11.3 Å². The van der Waals surface area contributed by atoms with E-state index in [1.807, 2.05) is 27.7 Å². The minimum Gasteiger partial charge on any atom is -0.493 e. The van der Waals surface area contributed by atoms with Crippen LogP contribution in [0.5, 0.6) is 5.75 Å². The fourth-order valence-corrected chi connectivity index (χ4v) is 3.97. The molecule has 0 aliphatic rings. The van der Waals surface area contributed by atoms with Gasteiger partial charge in [-0.15, -0.1) is 10.2 Å². The van der Waals surface area contributed by atoms with Crippen LogP contribution in [0, 0.1) is 5.92 Å². The number of nitrogens with zero attached hydrogens (tertiary/aromatic N) is 2. The van der Waals surface area contributed by atoms with Crippen LogP contribution in [0.25, 0.3) is 0 Å². The number of hydrogen-bond acceptors (Lipinski definition) is 7. The van der Waals surface area contributed by atoms with E-state index >= 15 is 0 Å². The molecule has 0 unspecified atom stereocenters. The second-order valence-corrected chi connectivity index (χ2v) is 8.41. The fourth-order valence-electron chi connectivity index (χ4n) is 2.31. The summed E-state index contributed by atoms with van der Waals surface area (Å²) in [7, 11) is 0. The molecule has 146 valence electrons. The first-order chi connectivity index (χ1) is 13.0. The van der Waals surface area contributed by atoms with Crippen LogP contribution in [0.15, 0.2) is 28.6 Å². The molecule has 0 spiro atoms. The predicted molar refractivity (Wildman–Crippen MR) is 109 cm³/mol. The van der Waals surface area contributed by atoms with E-state index in [2.05, 4.69) is 20.8 Å². The maximum atomic E-state index is 12.7. The molecule has 1 atom stereocenters. The zero-order chi connectivity index (χ0) is 19.8. The molecule has 1 aromatic heterocycles. The number of benzene rings is 1. The molecule has 2 aromatic rings. The first kappa shape index (κ1) is 21.2. The zero-order valence-corrected chi connectivity index (χ0v) is 17.4. The molecule has 0 saturated heterocycles. The lowest BCUT2D eigenvalue weighted by atomic mass is 10.0. The number of aromatic nitrogens is 2. The highest BCUT2D eigenvalue weighted by atomic mass is 32.2. The second-order valence-electron chi connectivity index (χ2n) is 5.92. The lowest BCUT2D eigenvalue weighted by Crippen LogP contribution is -2.47. The van der Waals surface area contributed by atoms with Crippen LogP contribution in [0.3, 0.4) is 0 Å². The van der Waals surface area contributed by atoms with E-state index in [9.17, 15) is 9.59 Å². The lowest BCUT2D eigenvalue weighted by molar-refractivity contribution is -0.118. The van der Waals surface area contributed by atoms with Crippen LogP contribution in [0.4, 0.5) is 5.13 Å². The van der Waals surface area contributed by atoms with Crippen LogP contribution in [0.2, 0.25) is 0 Å². The predicted octanol–water partition coefficient (Wildman–Crippen LogP) is 3.44. The standard InChI is InChI=1S/C18H24N4O3S2/c1-5-25-13-10-8-7-9-12(13)15(23)19-14(11(3)4)16(24)20-17-21-22-18(27-17)26-6-2/h7-11,14H,5-6H2,1-4H3,(H,19,23)(H,20,21,24)/t14-/m0/s1. The third-order valence-electron chi connectivity index (χ3n) is 3.57. The summed E-state index contributed by atoms with van der Waals surface area (Å²) in [5.74, 6) is 0.590. The van der Waals surface area contributed by atoms with E-state index in [4.69, 9.17) is 4.74 Å². The van der Waals surface area contributed by atoms with Crippen molar-refractivity contribution in [2.24, 2.45) is 5.92 Å². The van der Waals surface area contributed by atoms with Gasteiger partial charge < -0.3 is 10.1 Å². The number of ether oxygens (including phenoxy) is 1. The first-order valence-electron chi connectivity index (χ1n) is 8.76. The molecule has 7 nitrogen and oxygen atoms in total. The molecule has 0 aliphatic carbocycles. The fraction of sp³-hybridized carbons (Fsp3) is 0.444. The smallest absolute Gasteiger partial charge is 0.255 e. The van der Waals surface area contributed by atoms with Crippen molar-refractivity contribution in [1.82, 2.24) is 15.5 Å². The first-order valence-corrected chi connectivity index (χ1v) is 10.6. The number of para-hydroxylation sites is 1. The Balaban J connectivity index is 2.10. The van der Waals surface area contributed by atoms with Gasteiger partial charge in [0.1, 0.15) is 11.8 Å². The third kappa shape index (κ3) is 5.93. The summed E-state index contributed by atoms with van der Waals surface area (Å²) in [6, 6.07) is 6.26. The monoisotopic (exact) mass is 408 g/mol. The van der Waals surface area contributed by atoms with Crippen molar-refractivity contribution >= 4 is 40.0 Å². The van der Waals surface area contributed by atoms with Crippen molar-refractivity contribution in [2.75, 3.05) is 17.7 Å². The highest BCUT2D eigenvalue weighted by Gasteiger charge is 2.26. The largest absolute Gasteiger partial charge is 0.493 e. The summed E-state index contributed by atoms with van der Waals surface area (Å²) in [6.45, 7) is 8.07. The highest BCUT2D eigenvalue weighted by Crippen LogP contribution is 2.25. The van der Waals surface area contributed by atoms with Gasteiger partial charge in [0, 0.05) is 0 Å². The Morgan fingerprint density at radius 2 is 1.96 bits per heavy atom. The van der Waals surface area contributed by atoms with Gasteiger partial charge in [-0.05, 0) is 30.7 Å². The molecule has 2 N–H and O–H groups in total. The number of anilines is 1. The molecule has 2 amide bonds. The van der Waals surface area contributed by atoms with Gasteiger partial charge in [0.15, 0.2) is 4.34 Å². The molecule has 27 heavy (non-hydrogen) atoms. The number of carbonyl (C=O) groups excluding carboxylic acids is 2. The van der Waals surface area contributed by atoms with Gasteiger partial charge in [-0.2, -0.15) is 0 Å². The quantitative estimate of drug-likeness (QED) is 0.488. The molecule has 0 fully saturated rings. The van der Waals surface area contributed by atoms with Crippen molar-refractivity contribution < 1.29 is 14.3 Å². The zero-order valence-electron chi connectivity index (χ0n) is 15.8. The van der Waals surface area contributed by atoms with Crippen molar-refractivity contribution in [3.05, 3.63) is 29.8 Å². The number of rotatable bonds is 9. The average Bonchev–Trinajstić information content (AvgIpc) is 3.07. The van der Waals surface area contributed by atoms with Gasteiger partial charge in [0.2, 0.25) is 11.0 Å². The van der Waals surface area contributed by atoms with Crippen molar-refractivity contribution in [3.63, 3.8) is 0 Å². The summed E-state index contributed by atoms with van der Waals surface area (Å²) in [5, 5.41) is 14.0. The number of hydrogen-bond donors (Lipinski definition) is 2. The molecule has 2 rings (SSSR count). The van der Waals surface area contributed by atoms with E-state index in [-0.39, 0.29) is 17.7 Å². The Kier molecular flexibility index (Phi) is 8.05. The number of nitrogens with one attached hydrogen (secondary N) is 2. The van der Waals surface area contributed by atoms with Crippen LogP contribution in [-0.4, -0.2) is 40.4 Å². The minimum absolute atomic E-state index is 0.106. The van der Waals surface area contributed by atoms with E-state index in [1.54, 1.807) is 36.0 Å². The van der Waals surface area contributed by atoms with Gasteiger partial charge in [-0.1, -0.05) is 56.0 Å². The molecule has 1 aromatic carbocycles. The average molecular weight is 409 g/mol. The molecule has 0 saturated carbocycles. The second kappa shape index (κ2) is 10.3. The van der Waals surface area contributed by atoms with Gasteiger partial charge in [0.05, 0.1) is 12.2 Å². The third-order valence-corrected chi connectivity index (χ3v) is 5.43. The Morgan fingerprint density at radius 3 is 2.63 bits per heavy atom. The summed E-state index contributed by atoms with van der Waals surface area (Å²) >= 11 is 2.88. The van der Waals surface area contributed by atoms with Crippen molar-refractivity contribution in [2.45, 2.75) is 38.1 Å². The Hall–Kier alpha value is -2.13. The summed E-state index contributed by atoms with van der Waals surface area (Å²) in [5.41, 5.74) is 0.398. The van der Waals surface area contributed by atoms with Crippen LogP contribution in [-0.2, 0) is 4.79 Å². The van der Waals surface area contributed by atoms with Gasteiger partial charge in [-0.3, -0.25) is 14.9 Å². The Bertz CT molecular complexity index is 779. The Morgan fingerprint density at radius 1 is 1.22 bits per heavy atom. The minimum atomic E-state index is -0.710. The summed E-state index contributed by atoms with van der Waals surface area (Å²) in [4.78, 5) is 25.4. The molecular formula is C18H24N4O3S2. The highest BCUT2D eigenvalue weighted by molar-refractivity contribution is 8.01. The number of thioether (sulfide) groups is 1. The van der Waals surface area contributed by atoms with Crippen molar-refractivity contribution in [3.8, 4) is 5.75 Å². The van der Waals surface area contributed by atoms with Gasteiger partial charge in [-0.25, -0.2) is 0 Å². The van der Waals surface area contributed by atoms with E-state index < -0.39 is 6.04 Å². The topological polar surface area (TPSA) is 93.2 Å². The molecular weight excluding hydrogens is 384 g/mol. The van der Waals surface area contributed by atoms with E-state index in [0.29, 0.717) is 23.1 Å². The van der Waals surface area contributed by atoms with Gasteiger partial charge >= 0.3 is 0 Å². The van der Waals surface area contributed by atoms with Crippen molar-refractivity contribution in [1.29, 1.82) is 0 Å². The number of carbonyl (C=O) groups is 2. The molecule has 1 heterocycles. The maximum Gasteiger partial charge on any atom is 0.255 e. The summed E-state index contributed by atoms with van der Waals surface area (Å²) in [6.07, 6.45) is 0. The lowest BCUT2D eigenvalue weighted by Gasteiger charge is -2.21. The van der Waals surface area contributed by atoms with Gasteiger partial charge in [0.25, 0.3) is 5.91 Å². The van der Waals surface area contributed by atoms with Crippen LogP contribution in [0.1, 0.15) is 38.1 Å². The van der Waals surface area contributed by atoms with Crippen LogP contribution >= 0.6 is 23.1 Å². The summed E-state index contributed by atoms with van der Waals surface area (Å²) < 4.78 is 6.30. The molecule has 9 heteroatoms. The van der Waals surface area contributed by atoms with E-state index in [0.717, 1.165) is 10.1 Å². The molecule has 0 aliphatic heterocycles. The molecule has 0 bridgehead atoms. The Labute approximate surface area is 167 Å².